The van der Waals surface area contributed by atoms with E-state index in [1.165, 1.54) is 0 Å². The van der Waals surface area contributed by atoms with Gasteiger partial charge in [0.15, 0.2) is 0 Å². The van der Waals surface area contributed by atoms with Crippen molar-refractivity contribution in [1.29, 1.82) is 0 Å². The highest BCUT2D eigenvalue weighted by Gasteiger charge is 2.27. The van der Waals surface area contributed by atoms with Gasteiger partial charge < -0.3 is 20.4 Å². The third kappa shape index (κ3) is 4.68. The van der Waals surface area contributed by atoms with E-state index in [4.69, 9.17) is 10.2 Å². The first kappa shape index (κ1) is 15.7. The van der Waals surface area contributed by atoms with Gasteiger partial charge in [-0.1, -0.05) is 13.8 Å². The Morgan fingerprint density at radius 1 is 1.21 bits per heavy atom. The first-order chi connectivity index (χ1) is 8.95. The number of rotatable bonds is 5. The second-order valence-electron chi connectivity index (χ2n) is 5.06. The Labute approximate surface area is 113 Å². The quantitative estimate of drug-likeness (QED) is 0.623. The van der Waals surface area contributed by atoms with Crippen molar-refractivity contribution in [2.24, 2.45) is 5.92 Å². The second-order valence-corrected chi connectivity index (χ2v) is 5.06. The molecular formula is C12H23N3O4. The minimum atomic E-state index is -1.01. The lowest BCUT2D eigenvalue weighted by molar-refractivity contribution is -0.140. The number of aliphatic hydroxyl groups excluding tert-OH is 1. The third-order valence-corrected chi connectivity index (χ3v) is 3.29. The summed E-state index contributed by atoms with van der Waals surface area (Å²) >= 11 is 0. The number of aliphatic hydroxyl groups is 1. The number of nitrogens with zero attached hydrogens (tertiary/aromatic N) is 2. The highest BCUT2D eigenvalue weighted by atomic mass is 16.4. The van der Waals surface area contributed by atoms with E-state index in [9.17, 15) is 9.59 Å². The van der Waals surface area contributed by atoms with Crippen LogP contribution in [-0.4, -0.2) is 77.4 Å². The molecule has 0 spiro atoms. The van der Waals surface area contributed by atoms with E-state index in [1.54, 1.807) is 18.7 Å². The van der Waals surface area contributed by atoms with E-state index in [0.717, 1.165) is 0 Å². The maximum absolute atomic E-state index is 12.0. The fourth-order valence-corrected chi connectivity index (χ4v) is 2.05. The molecule has 19 heavy (non-hydrogen) atoms. The molecule has 1 rings (SSSR count). The minimum absolute atomic E-state index is 0.112. The first-order valence-corrected chi connectivity index (χ1v) is 6.57. The molecule has 1 aliphatic rings. The average molecular weight is 273 g/mol. The number of hydrogen-bond donors (Lipinski definition) is 3. The van der Waals surface area contributed by atoms with E-state index in [1.807, 2.05) is 0 Å². The number of urea groups is 1. The Morgan fingerprint density at radius 3 is 2.21 bits per heavy atom. The van der Waals surface area contributed by atoms with Gasteiger partial charge in [-0.3, -0.25) is 4.90 Å². The molecule has 0 aliphatic carbocycles. The standard InChI is InChI=1S/C12H23N3O4/c1-9(2)10(11(17)18)13-12(19)15-5-3-14(4-6-15)7-8-16/h9-10,16H,3-8H2,1-2H3,(H,13,19)(H,17,18)/t10-/m0/s1. The first-order valence-electron chi connectivity index (χ1n) is 6.57. The van der Waals surface area contributed by atoms with Crippen LogP contribution in [0.25, 0.3) is 0 Å². The number of aliphatic carboxylic acids is 1. The molecule has 1 saturated heterocycles. The monoisotopic (exact) mass is 273 g/mol. The zero-order valence-electron chi connectivity index (χ0n) is 11.5. The molecule has 0 aromatic carbocycles. The van der Waals surface area contributed by atoms with Crippen LogP contribution in [0.4, 0.5) is 4.79 Å². The number of carbonyl (C=O) groups is 2. The number of nitrogens with one attached hydrogen (secondary N) is 1. The van der Waals surface area contributed by atoms with Crippen molar-refractivity contribution in [1.82, 2.24) is 15.1 Å². The molecule has 1 heterocycles. The lowest BCUT2D eigenvalue weighted by Crippen LogP contribution is -2.55. The fourth-order valence-electron chi connectivity index (χ4n) is 2.05. The third-order valence-electron chi connectivity index (χ3n) is 3.29. The Balaban J connectivity index is 2.44. The molecular weight excluding hydrogens is 250 g/mol. The van der Waals surface area contributed by atoms with Crippen LogP contribution < -0.4 is 5.32 Å². The van der Waals surface area contributed by atoms with Gasteiger partial charge in [0.1, 0.15) is 6.04 Å². The van der Waals surface area contributed by atoms with Crippen LogP contribution in [0.15, 0.2) is 0 Å². The van der Waals surface area contributed by atoms with Gasteiger partial charge in [0.25, 0.3) is 0 Å². The normalized spacial score (nSPS) is 18.4. The predicted molar refractivity (Wildman–Crippen MR) is 69.9 cm³/mol. The number of carbonyl (C=O) groups excluding carboxylic acids is 1. The molecule has 2 amide bonds. The van der Waals surface area contributed by atoms with E-state index in [2.05, 4.69) is 10.2 Å². The SMILES string of the molecule is CC(C)[C@H](NC(=O)N1CCN(CCO)CC1)C(=O)O. The maximum atomic E-state index is 12.0. The lowest BCUT2D eigenvalue weighted by Gasteiger charge is -2.35. The van der Waals surface area contributed by atoms with Crippen molar-refractivity contribution in [3.8, 4) is 0 Å². The van der Waals surface area contributed by atoms with Gasteiger partial charge in [0, 0.05) is 32.7 Å². The van der Waals surface area contributed by atoms with Crippen LogP contribution in [0.3, 0.4) is 0 Å². The molecule has 1 aliphatic heterocycles. The van der Waals surface area contributed by atoms with Gasteiger partial charge in [0.2, 0.25) is 0 Å². The van der Waals surface area contributed by atoms with Gasteiger partial charge in [0.05, 0.1) is 6.61 Å². The van der Waals surface area contributed by atoms with Gasteiger partial charge in [-0.05, 0) is 5.92 Å². The molecule has 1 atom stereocenters. The highest BCUT2D eigenvalue weighted by Crippen LogP contribution is 2.05. The van der Waals surface area contributed by atoms with Crippen LogP contribution in [0, 0.1) is 5.92 Å². The Bertz CT molecular complexity index is 314. The minimum Gasteiger partial charge on any atom is -0.480 e. The summed E-state index contributed by atoms with van der Waals surface area (Å²) in [6.07, 6.45) is 0. The molecule has 0 radical (unpaired) electrons. The van der Waals surface area contributed by atoms with E-state index < -0.39 is 12.0 Å². The molecule has 1 fully saturated rings. The summed E-state index contributed by atoms with van der Waals surface area (Å²) in [6, 6.07) is -1.19. The van der Waals surface area contributed by atoms with Crippen molar-refractivity contribution in [3.63, 3.8) is 0 Å². The Hall–Kier alpha value is -1.34. The van der Waals surface area contributed by atoms with Crippen molar-refractivity contribution in [3.05, 3.63) is 0 Å². The molecule has 0 saturated carbocycles. The number of β-amino-alcohol motifs (C(OH)–C–C–N with tert-alkyl or cyclic N) is 1. The van der Waals surface area contributed by atoms with Crippen molar-refractivity contribution >= 4 is 12.0 Å². The van der Waals surface area contributed by atoms with Gasteiger partial charge in [-0.15, -0.1) is 0 Å². The zero-order valence-corrected chi connectivity index (χ0v) is 11.5. The molecule has 0 bridgehead atoms. The lowest BCUT2D eigenvalue weighted by atomic mass is 10.1. The molecule has 7 heteroatoms. The Morgan fingerprint density at radius 2 is 1.79 bits per heavy atom. The fraction of sp³-hybridized carbons (Fsp3) is 0.833. The zero-order chi connectivity index (χ0) is 14.4. The summed E-state index contributed by atoms with van der Waals surface area (Å²) < 4.78 is 0. The summed E-state index contributed by atoms with van der Waals surface area (Å²) in [5.74, 6) is -1.17. The highest BCUT2D eigenvalue weighted by molar-refractivity contribution is 5.82. The van der Waals surface area contributed by atoms with Crippen molar-refractivity contribution in [2.75, 3.05) is 39.3 Å². The van der Waals surface area contributed by atoms with Crippen LogP contribution >= 0.6 is 0 Å². The maximum Gasteiger partial charge on any atom is 0.326 e. The molecule has 110 valence electrons. The molecule has 0 aromatic heterocycles. The largest absolute Gasteiger partial charge is 0.480 e. The van der Waals surface area contributed by atoms with Crippen LogP contribution in [0.1, 0.15) is 13.8 Å². The van der Waals surface area contributed by atoms with Crippen molar-refractivity contribution in [2.45, 2.75) is 19.9 Å². The number of carboxylic acids is 1. The summed E-state index contributed by atoms with van der Waals surface area (Å²) in [6.45, 7) is 6.75. The van der Waals surface area contributed by atoms with Gasteiger partial charge >= 0.3 is 12.0 Å². The number of carboxylic acid groups (broad SMARTS) is 1. The van der Waals surface area contributed by atoms with E-state index in [-0.39, 0.29) is 18.6 Å². The summed E-state index contributed by atoms with van der Waals surface area (Å²) in [4.78, 5) is 26.7. The molecule has 0 aromatic rings. The predicted octanol–water partition coefficient (Wildman–Crippen LogP) is -0.585. The average Bonchev–Trinajstić information content (AvgIpc) is 2.36. The Kier molecular flexibility index (Phi) is 6.04. The van der Waals surface area contributed by atoms with Gasteiger partial charge in [-0.25, -0.2) is 9.59 Å². The van der Waals surface area contributed by atoms with Crippen LogP contribution in [-0.2, 0) is 4.79 Å². The molecule has 3 N–H and O–H groups in total. The summed E-state index contributed by atoms with van der Waals surface area (Å²) in [5.41, 5.74) is 0. The second kappa shape index (κ2) is 7.30. The molecule has 0 unspecified atom stereocenters. The number of hydrogen-bond acceptors (Lipinski definition) is 4. The summed E-state index contributed by atoms with van der Waals surface area (Å²) in [5, 5.41) is 20.4. The topological polar surface area (TPSA) is 93.1 Å². The number of amides is 2. The summed E-state index contributed by atoms with van der Waals surface area (Å²) in [7, 11) is 0. The van der Waals surface area contributed by atoms with Gasteiger partial charge in [-0.2, -0.15) is 0 Å². The van der Waals surface area contributed by atoms with E-state index in [0.29, 0.717) is 32.7 Å². The smallest absolute Gasteiger partial charge is 0.326 e. The van der Waals surface area contributed by atoms with Crippen LogP contribution in [0.5, 0.6) is 0 Å². The number of piperazine rings is 1. The van der Waals surface area contributed by atoms with E-state index >= 15 is 0 Å². The molecule has 7 nitrogen and oxygen atoms in total. The van der Waals surface area contributed by atoms with Crippen molar-refractivity contribution < 1.29 is 19.8 Å². The van der Waals surface area contributed by atoms with Crippen LogP contribution in [0.2, 0.25) is 0 Å².